The van der Waals surface area contributed by atoms with Gasteiger partial charge in [0.2, 0.25) is 5.78 Å². The maximum absolute atomic E-state index is 13.2. The number of pyridine rings is 1. The number of rotatable bonds is 1. The number of nitrogens with zero attached hydrogens (tertiary/aromatic N) is 2. The summed E-state index contributed by atoms with van der Waals surface area (Å²) < 4.78 is 7.97. The van der Waals surface area contributed by atoms with Gasteiger partial charge in [0, 0.05) is 18.0 Å². The van der Waals surface area contributed by atoms with E-state index in [9.17, 15) is 4.79 Å². The third-order valence-corrected chi connectivity index (χ3v) is 4.57. The highest BCUT2D eigenvalue weighted by Crippen LogP contribution is 2.36. The molecule has 4 heteroatoms. The number of hydrogen-bond acceptors (Lipinski definition) is 3. The molecule has 0 N–H and O–H groups in total. The number of carbonyl (C=O) groups excluding carboxylic acids is 1. The number of ketones is 1. The Morgan fingerprint density at radius 3 is 2.76 bits per heavy atom. The molecule has 2 aromatic carbocycles. The minimum atomic E-state index is -0.704. The summed E-state index contributed by atoms with van der Waals surface area (Å²) in [7, 11) is 0. The molecule has 0 aliphatic carbocycles. The molecule has 1 aliphatic heterocycles. The largest absolute Gasteiger partial charge is 0.474 e. The lowest BCUT2D eigenvalue weighted by Crippen LogP contribution is -2.19. The molecular formula is C21H14N2O2. The van der Waals surface area contributed by atoms with E-state index in [-0.39, 0.29) is 5.78 Å². The summed E-state index contributed by atoms with van der Waals surface area (Å²) in [6.07, 6.45) is 2.84. The molecule has 0 amide bonds. The van der Waals surface area contributed by atoms with Crippen molar-refractivity contribution in [3.63, 3.8) is 0 Å². The number of Topliss-reactive ketones (excluding diaryl/α,β-unsaturated/α-hetero) is 1. The zero-order chi connectivity index (χ0) is 16.8. The van der Waals surface area contributed by atoms with Crippen molar-refractivity contribution in [2.24, 2.45) is 0 Å². The Labute approximate surface area is 144 Å². The molecule has 3 heterocycles. The van der Waals surface area contributed by atoms with E-state index in [0.717, 1.165) is 16.3 Å². The van der Waals surface area contributed by atoms with Gasteiger partial charge in [-0.3, -0.25) is 9.36 Å². The number of aromatic nitrogens is 2. The SMILES string of the molecule is O=C1c2cccn2-c2ncccc2OC1c1cccc2ccccc12. The van der Waals surface area contributed by atoms with Crippen LogP contribution in [0, 0.1) is 0 Å². The highest BCUT2D eigenvalue weighted by molar-refractivity contribution is 6.02. The van der Waals surface area contributed by atoms with E-state index in [1.165, 1.54) is 0 Å². The van der Waals surface area contributed by atoms with Crippen molar-refractivity contribution in [2.45, 2.75) is 6.10 Å². The van der Waals surface area contributed by atoms with E-state index < -0.39 is 6.10 Å². The predicted octanol–water partition coefficient (Wildman–Crippen LogP) is 4.34. The first-order chi connectivity index (χ1) is 12.3. The van der Waals surface area contributed by atoms with Crippen LogP contribution in [0.3, 0.4) is 0 Å². The molecule has 5 rings (SSSR count). The first-order valence-electron chi connectivity index (χ1n) is 8.14. The first kappa shape index (κ1) is 14.0. The molecule has 120 valence electrons. The fourth-order valence-corrected chi connectivity index (χ4v) is 3.42. The predicted molar refractivity (Wildman–Crippen MR) is 95.2 cm³/mol. The second-order valence-electron chi connectivity index (χ2n) is 6.02. The van der Waals surface area contributed by atoms with E-state index >= 15 is 0 Å². The summed E-state index contributed by atoms with van der Waals surface area (Å²) in [5, 5.41) is 2.11. The molecule has 25 heavy (non-hydrogen) atoms. The van der Waals surface area contributed by atoms with Gasteiger partial charge in [0.1, 0.15) is 0 Å². The fraction of sp³-hybridized carbons (Fsp3) is 0.0476. The Hall–Kier alpha value is -3.40. The van der Waals surface area contributed by atoms with E-state index in [4.69, 9.17) is 4.74 Å². The summed E-state index contributed by atoms with van der Waals surface area (Å²) in [4.78, 5) is 17.6. The van der Waals surface area contributed by atoms with E-state index in [2.05, 4.69) is 4.98 Å². The van der Waals surface area contributed by atoms with Gasteiger partial charge < -0.3 is 4.74 Å². The highest BCUT2D eigenvalue weighted by Gasteiger charge is 2.32. The standard InChI is InChI=1S/C21H14N2O2/c24-19-17-10-5-13-23(17)21-18(11-4-12-22-21)25-20(19)16-9-3-7-14-6-1-2-8-15(14)16/h1-13,20H. The van der Waals surface area contributed by atoms with Gasteiger partial charge in [0.15, 0.2) is 17.7 Å². The average Bonchev–Trinajstić information content (AvgIpc) is 3.11. The Morgan fingerprint density at radius 2 is 1.80 bits per heavy atom. The quantitative estimate of drug-likeness (QED) is 0.522. The summed E-state index contributed by atoms with van der Waals surface area (Å²) in [6.45, 7) is 0. The molecule has 0 saturated carbocycles. The normalized spacial score (nSPS) is 16.0. The molecule has 1 atom stereocenters. The van der Waals surface area contributed by atoms with Crippen LogP contribution < -0.4 is 4.74 Å². The van der Waals surface area contributed by atoms with Crippen molar-refractivity contribution in [2.75, 3.05) is 0 Å². The Morgan fingerprint density at radius 1 is 0.920 bits per heavy atom. The van der Waals surface area contributed by atoms with Gasteiger partial charge in [-0.25, -0.2) is 4.98 Å². The summed E-state index contributed by atoms with van der Waals surface area (Å²) in [6, 6.07) is 21.3. The molecule has 1 unspecified atom stereocenters. The van der Waals surface area contributed by atoms with E-state index in [1.54, 1.807) is 10.8 Å². The number of fused-ring (bicyclic) bond motifs is 4. The summed E-state index contributed by atoms with van der Waals surface area (Å²) in [5.41, 5.74) is 1.45. The van der Waals surface area contributed by atoms with E-state index in [0.29, 0.717) is 17.3 Å². The maximum Gasteiger partial charge on any atom is 0.224 e. The molecule has 4 nitrogen and oxygen atoms in total. The topological polar surface area (TPSA) is 44.1 Å². The van der Waals surface area contributed by atoms with Crippen molar-refractivity contribution in [3.8, 4) is 11.6 Å². The van der Waals surface area contributed by atoms with Gasteiger partial charge >= 0.3 is 0 Å². The van der Waals surface area contributed by atoms with Gasteiger partial charge in [-0.15, -0.1) is 0 Å². The lowest BCUT2D eigenvalue weighted by Gasteiger charge is -2.18. The van der Waals surface area contributed by atoms with Gasteiger partial charge in [-0.05, 0) is 35.0 Å². The van der Waals surface area contributed by atoms with Crippen LogP contribution >= 0.6 is 0 Å². The second-order valence-corrected chi connectivity index (χ2v) is 6.02. The molecule has 0 bridgehead atoms. The van der Waals surface area contributed by atoms with Crippen LogP contribution in [0.2, 0.25) is 0 Å². The summed E-state index contributed by atoms with van der Waals surface area (Å²) in [5.74, 6) is 1.17. The Balaban J connectivity index is 1.77. The summed E-state index contributed by atoms with van der Waals surface area (Å²) >= 11 is 0. The molecule has 0 saturated heterocycles. The van der Waals surface area contributed by atoms with Crippen molar-refractivity contribution < 1.29 is 9.53 Å². The van der Waals surface area contributed by atoms with Gasteiger partial charge in [-0.1, -0.05) is 42.5 Å². The monoisotopic (exact) mass is 326 g/mol. The van der Waals surface area contributed by atoms with Gasteiger partial charge in [0.25, 0.3) is 0 Å². The molecule has 0 radical (unpaired) electrons. The zero-order valence-corrected chi connectivity index (χ0v) is 13.3. The van der Waals surface area contributed by atoms with Gasteiger partial charge in [-0.2, -0.15) is 0 Å². The van der Waals surface area contributed by atoms with E-state index in [1.807, 2.05) is 72.9 Å². The lowest BCUT2D eigenvalue weighted by molar-refractivity contribution is 0.0798. The number of benzene rings is 2. The third-order valence-electron chi connectivity index (χ3n) is 4.57. The third kappa shape index (κ3) is 2.08. The minimum Gasteiger partial charge on any atom is -0.474 e. The van der Waals surface area contributed by atoms with Crippen molar-refractivity contribution >= 4 is 16.6 Å². The van der Waals surface area contributed by atoms with Crippen LogP contribution in [-0.2, 0) is 0 Å². The van der Waals surface area contributed by atoms with Crippen LogP contribution in [0.25, 0.3) is 16.6 Å². The Bertz CT molecular complexity index is 1110. The lowest BCUT2D eigenvalue weighted by atomic mass is 9.97. The molecular weight excluding hydrogens is 312 g/mol. The smallest absolute Gasteiger partial charge is 0.224 e. The average molecular weight is 326 g/mol. The highest BCUT2D eigenvalue weighted by atomic mass is 16.5. The van der Waals surface area contributed by atoms with Crippen LogP contribution in [-0.4, -0.2) is 15.3 Å². The van der Waals surface area contributed by atoms with Crippen molar-refractivity contribution in [3.05, 3.63) is 90.4 Å². The molecule has 0 spiro atoms. The van der Waals surface area contributed by atoms with Crippen LogP contribution in [0.15, 0.2) is 79.1 Å². The van der Waals surface area contributed by atoms with Crippen LogP contribution in [0.1, 0.15) is 22.2 Å². The first-order valence-corrected chi connectivity index (χ1v) is 8.14. The van der Waals surface area contributed by atoms with Crippen LogP contribution in [0.5, 0.6) is 5.75 Å². The maximum atomic E-state index is 13.2. The number of carbonyl (C=O) groups is 1. The minimum absolute atomic E-state index is 0.0700. The number of ether oxygens (including phenoxy) is 1. The molecule has 2 aromatic heterocycles. The second kappa shape index (κ2) is 5.31. The Kier molecular flexibility index (Phi) is 2.97. The molecule has 1 aliphatic rings. The molecule has 4 aromatic rings. The van der Waals surface area contributed by atoms with Crippen molar-refractivity contribution in [1.29, 1.82) is 0 Å². The fourth-order valence-electron chi connectivity index (χ4n) is 3.42. The number of hydrogen-bond donors (Lipinski definition) is 0. The van der Waals surface area contributed by atoms with Crippen LogP contribution in [0.4, 0.5) is 0 Å². The molecule has 0 fully saturated rings. The zero-order valence-electron chi connectivity index (χ0n) is 13.3. The van der Waals surface area contributed by atoms with Crippen molar-refractivity contribution in [1.82, 2.24) is 9.55 Å². The van der Waals surface area contributed by atoms with Gasteiger partial charge in [0.05, 0.1) is 5.69 Å².